The molecule has 0 aromatic carbocycles. The number of esters is 1. The number of ether oxygens (including phenoxy) is 1. The number of aliphatic hydroxyl groups excluding tert-OH is 1. The fourth-order valence-electron chi connectivity index (χ4n) is 0.342. The minimum Gasteiger partial charge on any atom is -0.423 e. The largest absolute Gasteiger partial charge is 0.423 e. The van der Waals surface area contributed by atoms with Gasteiger partial charge in [-0.05, 0) is 0 Å². The van der Waals surface area contributed by atoms with Crippen LogP contribution in [0, 0.1) is 0 Å². The molecule has 0 rings (SSSR count). The Hall–Kier alpha value is -0.940. The summed E-state index contributed by atoms with van der Waals surface area (Å²) in [5.41, 5.74) is 0. The molecule has 0 aliphatic carbocycles. The van der Waals surface area contributed by atoms with Gasteiger partial charge in [0, 0.05) is 6.92 Å². The molecule has 0 aromatic rings. The summed E-state index contributed by atoms with van der Waals surface area (Å²) >= 11 is 0. The van der Waals surface area contributed by atoms with Gasteiger partial charge in [-0.25, -0.2) is 0 Å². The Morgan fingerprint density at radius 3 is 2.40 bits per heavy atom. The molecule has 0 aliphatic rings. The molecule has 0 amide bonds. The number of carbonyl (C=O) groups excluding carboxylic acids is 2. The average Bonchev–Trinajstić information content (AvgIpc) is 1.87. The lowest BCUT2D eigenvalue weighted by atomic mass is 10.3. The van der Waals surface area contributed by atoms with E-state index < -0.39 is 18.4 Å². The van der Waals surface area contributed by atoms with Gasteiger partial charge < -0.3 is 14.9 Å². The van der Waals surface area contributed by atoms with Crippen LogP contribution >= 0.6 is 0 Å². The second-order valence-corrected chi connectivity index (χ2v) is 1.71. The molecule has 5 nitrogen and oxygen atoms in total. The molecule has 0 saturated carbocycles. The maximum atomic E-state index is 10.1. The van der Waals surface area contributed by atoms with Gasteiger partial charge in [-0.1, -0.05) is 0 Å². The Labute approximate surface area is 57.2 Å². The fourth-order valence-corrected chi connectivity index (χ4v) is 0.342. The Bertz CT molecular complexity index is 143. The number of rotatable bonds is 3. The minimum absolute atomic E-state index is 0.0472. The van der Waals surface area contributed by atoms with E-state index in [4.69, 9.17) is 10.2 Å². The molecule has 0 spiro atoms. The van der Waals surface area contributed by atoms with E-state index in [9.17, 15) is 9.59 Å². The third kappa shape index (κ3) is 2.56. The summed E-state index contributed by atoms with van der Waals surface area (Å²) in [6, 6.07) is 0. The second kappa shape index (κ2) is 3.28. The summed E-state index contributed by atoms with van der Waals surface area (Å²) < 4.78 is 4.03. The molecule has 0 radical (unpaired) electrons. The van der Waals surface area contributed by atoms with E-state index in [0.717, 1.165) is 6.92 Å². The zero-order valence-electron chi connectivity index (χ0n) is 5.40. The van der Waals surface area contributed by atoms with Crippen molar-refractivity contribution < 1.29 is 24.5 Å². The molecule has 0 aromatic heterocycles. The standard InChI is InChI=1S/C5H8O5/c1-4(8)10-5(9,2-6)3-7/h2,7,9H,3H2,1H3. The van der Waals surface area contributed by atoms with Crippen molar-refractivity contribution in [2.45, 2.75) is 12.7 Å². The Morgan fingerprint density at radius 2 is 2.30 bits per heavy atom. The highest BCUT2D eigenvalue weighted by Gasteiger charge is 2.28. The van der Waals surface area contributed by atoms with Gasteiger partial charge in [0.2, 0.25) is 0 Å². The van der Waals surface area contributed by atoms with Gasteiger partial charge in [-0.15, -0.1) is 0 Å². The van der Waals surface area contributed by atoms with E-state index in [2.05, 4.69) is 4.74 Å². The second-order valence-electron chi connectivity index (χ2n) is 1.71. The van der Waals surface area contributed by atoms with E-state index in [1.165, 1.54) is 0 Å². The molecule has 5 heteroatoms. The van der Waals surface area contributed by atoms with Gasteiger partial charge in [0.25, 0.3) is 5.79 Å². The van der Waals surface area contributed by atoms with Crippen LogP contribution in [0.25, 0.3) is 0 Å². The normalized spacial score (nSPS) is 15.5. The number of aliphatic hydroxyl groups is 2. The van der Waals surface area contributed by atoms with Crippen LogP contribution in [0.3, 0.4) is 0 Å². The summed E-state index contributed by atoms with van der Waals surface area (Å²) in [4.78, 5) is 20.0. The Balaban J connectivity index is 4.05. The third-order valence-electron chi connectivity index (χ3n) is 0.731. The quantitative estimate of drug-likeness (QED) is 0.287. The van der Waals surface area contributed by atoms with Crippen molar-refractivity contribution in [3.8, 4) is 0 Å². The van der Waals surface area contributed by atoms with Gasteiger partial charge in [0.15, 0.2) is 6.29 Å². The van der Waals surface area contributed by atoms with Crippen LogP contribution < -0.4 is 0 Å². The summed E-state index contributed by atoms with van der Waals surface area (Å²) in [6.45, 7) is 0.0835. The topological polar surface area (TPSA) is 83.8 Å². The Morgan fingerprint density at radius 1 is 1.80 bits per heavy atom. The molecular weight excluding hydrogens is 140 g/mol. The van der Waals surface area contributed by atoms with Crippen molar-refractivity contribution in [2.24, 2.45) is 0 Å². The molecule has 0 fully saturated rings. The molecule has 58 valence electrons. The number of carbonyl (C=O) groups is 2. The van der Waals surface area contributed by atoms with E-state index in [1.54, 1.807) is 0 Å². The van der Waals surface area contributed by atoms with Crippen LogP contribution in [0.4, 0.5) is 0 Å². The van der Waals surface area contributed by atoms with Crippen molar-refractivity contribution in [3.63, 3.8) is 0 Å². The van der Waals surface area contributed by atoms with Gasteiger partial charge >= 0.3 is 5.97 Å². The van der Waals surface area contributed by atoms with Crippen LogP contribution in [-0.4, -0.2) is 34.9 Å². The van der Waals surface area contributed by atoms with Crippen LogP contribution in [0.5, 0.6) is 0 Å². The molecule has 0 heterocycles. The van der Waals surface area contributed by atoms with E-state index in [-0.39, 0.29) is 6.29 Å². The summed E-state index contributed by atoms with van der Waals surface area (Å²) in [7, 11) is 0. The first-order valence-corrected chi connectivity index (χ1v) is 2.53. The van der Waals surface area contributed by atoms with Crippen LogP contribution in [0.1, 0.15) is 6.92 Å². The van der Waals surface area contributed by atoms with Crippen molar-refractivity contribution in [1.29, 1.82) is 0 Å². The van der Waals surface area contributed by atoms with Gasteiger partial charge in [0.1, 0.15) is 6.61 Å². The van der Waals surface area contributed by atoms with E-state index in [0.29, 0.717) is 0 Å². The van der Waals surface area contributed by atoms with Crippen LogP contribution in [-0.2, 0) is 14.3 Å². The molecule has 0 aliphatic heterocycles. The molecule has 10 heavy (non-hydrogen) atoms. The van der Waals surface area contributed by atoms with Crippen molar-refractivity contribution >= 4 is 12.3 Å². The maximum Gasteiger partial charge on any atom is 0.305 e. The van der Waals surface area contributed by atoms with Crippen LogP contribution in [0.15, 0.2) is 0 Å². The molecule has 0 saturated heterocycles. The lowest BCUT2D eigenvalue weighted by Gasteiger charge is -2.17. The highest BCUT2D eigenvalue weighted by Crippen LogP contribution is 2.00. The van der Waals surface area contributed by atoms with Gasteiger partial charge in [0.05, 0.1) is 0 Å². The third-order valence-corrected chi connectivity index (χ3v) is 0.731. The highest BCUT2D eigenvalue weighted by molar-refractivity contribution is 5.71. The fraction of sp³-hybridized carbons (Fsp3) is 0.600. The summed E-state index contributed by atoms with van der Waals surface area (Å²) in [6.07, 6.45) is -0.0472. The maximum absolute atomic E-state index is 10.1. The van der Waals surface area contributed by atoms with Crippen LogP contribution in [0.2, 0.25) is 0 Å². The highest BCUT2D eigenvalue weighted by atomic mass is 16.7. The minimum atomic E-state index is -2.37. The Kier molecular flexibility index (Phi) is 2.98. The first kappa shape index (κ1) is 9.06. The van der Waals surface area contributed by atoms with Crippen molar-refractivity contribution in [3.05, 3.63) is 0 Å². The molecule has 2 N–H and O–H groups in total. The first-order valence-electron chi connectivity index (χ1n) is 2.53. The SMILES string of the molecule is CC(=O)OC(O)(C=O)CO. The molecular formula is C5H8O5. The van der Waals surface area contributed by atoms with Gasteiger partial charge in [-0.2, -0.15) is 0 Å². The lowest BCUT2D eigenvalue weighted by molar-refractivity contribution is -0.210. The van der Waals surface area contributed by atoms with E-state index >= 15 is 0 Å². The zero-order valence-corrected chi connectivity index (χ0v) is 5.40. The smallest absolute Gasteiger partial charge is 0.305 e. The number of aldehydes is 1. The monoisotopic (exact) mass is 148 g/mol. The lowest BCUT2D eigenvalue weighted by Crippen LogP contribution is -2.39. The predicted octanol–water partition coefficient (Wildman–Crippen LogP) is -1.57. The van der Waals surface area contributed by atoms with Crippen molar-refractivity contribution in [2.75, 3.05) is 6.61 Å². The predicted molar refractivity (Wildman–Crippen MR) is 29.9 cm³/mol. The number of hydrogen-bond acceptors (Lipinski definition) is 5. The first-order chi connectivity index (χ1) is 4.54. The van der Waals surface area contributed by atoms with Gasteiger partial charge in [-0.3, -0.25) is 9.59 Å². The molecule has 1 unspecified atom stereocenters. The number of hydrogen-bond donors (Lipinski definition) is 2. The summed E-state index contributed by atoms with van der Waals surface area (Å²) in [5.74, 6) is -3.20. The molecule has 0 bridgehead atoms. The van der Waals surface area contributed by atoms with E-state index in [1.807, 2.05) is 0 Å². The summed E-state index contributed by atoms with van der Waals surface area (Å²) in [5, 5.41) is 17.0. The zero-order chi connectivity index (χ0) is 8.20. The van der Waals surface area contributed by atoms with Crippen molar-refractivity contribution in [1.82, 2.24) is 0 Å². The molecule has 1 atom stereocenters. The average molecular weight is 148 g/mol.